The van der Waals surface area contributed by atoms with E-state index >= 15 is 0 Å². The van der Waals surface area contributed by atoms with E-state index in [1.165, 1.54) is 0 Å². The molecule has 1 aromatic rings. The zero-order chi connectivity index (χ0) is 14.0. The molecule has 3 heteroatoms. The third-order valence-electron chi connectivity index (χ3n) is 4.15. The number of carbonyl (C=O) groups is 1. The lowest BCUT2D eigenvalue weighted by atomic mass is 9.71. The van der Waals surface area contributed by atoms with Crippen molar-refractivity contribution in [3.63, 3.8) is 0 Å². The number of Topliss-reactive ketones (excluding diaryl/α,β-unsaturated/α-hetero) is 1. The van der Waals surface area contributed by atoms with Crippen LogP contribution in [0.4, 0.5) is 0 Å². The highest BCUT2D eigenvalue weighted by Crippen LogP contribution is 2.39. The first kappa shape index (κ1) is 14.4. The monoisotopic (exact) mass is 280 g/mol. The molecule has 1 aliphatic carbocycles. The number of ketones is 1. The smallest absolute Gasteiger partial charge is 0.166 e. The first-order valence-corrected chi connectivity index (χ1v) is 7.18. The lowest BCUT2D eigenvalue weighted by Crippen LogP contribution is -2.26. The number of hydrogen-bond acceptors (Lipinski definition) is 2. The van der Waals surface area contributed by atoms with Crippen LogP contribution in [0.2, 0.25) is 5.02 Å². The van der Waals surface area contributed by atoms with E-state index in [2.05, 4.69) is 13.8 Å². The molecular weight excluding hydrogens is 260 g/mol. The number of benzene rings is 1. The molecule has 104 valence electrons. The summed E-state index contributed by atoms with van der Waals surface area (Å²) in [6, 6.07) is 5.29. The largest absolute Gasteiger partial charge is 0.495 e. The molecule has 0 spiro atoms. The number of rotatable bonds is 3. The van der Waals surface area contributed by atoms with Gasteiger partial charge in [-0.25, -0.2) is 0 Å². The van der Waals surface area contributed by atoms with Gasteiger partial charge in [0.1, 0.15) is 5.75 Å². The number of halogens is 1. The summed E-state index contributed by atoms with van der Waals surface area (Å²) in [5.74, 6) is 0.952. The highest BCUT2D eigenvalue weighted by molar-refractivity contribution is 6.32. The highest BCUT2D eigenvalue weighted by atomic mass is 35.5. The van der Waals surface area contributed by atoms with Crippen LogP contribution in [0, 0.1) is 11.3 Å². The number of hydrogen-bond donors (Lipinski definition) is 0. The second-order valence-electron chi connectivity index (χ2n) is 6.15. The average molecular weight is 281 g/mol. The van der Waals surface area contributed by atoms with Crippen molar-refractivity contribution in [3.05, 3.63) is 28.8 Å². The maximum absolute atomic E-state index is 12.5. The van der Waals surface area contributed by atoms with E-state index in [0.29, 0.717) is 21.8 Å². The minimum atomic E-state index is 0.152. The van der Waals surface area contributed by atoms with Crippen molar-refractivity contribution in [2.24, 2.45) is 11.3 Å². The maximum Gasteiger partial charge on any atom is 0.166 e. The van der Waals surface area contributed by atoms with Crippen molar-refractivity contribution >= 4 is 17.4 Å². The summed E-state index contributed by atoms with van der Waals surface area (Å²) in [7, 11) is 1.57. The fourth-order valence-corrected chi connectivity index (χ4v) is 2.90. The third-order valence-corrected chi connectivity index (χ3v) is 4.46. The number of ether oxygens (including phenoxy) is 1. The number of methoxy groups -OCH3 is 1. The molecule has 0 aromatic heterocycles. The number of carbonyl (C=O) groups excluding carboxylic acids is 1. The Hall–Kier alpha value is -1.02. The fourth-order valence-electron chi connectivity index (χ4n) is 2.71. The van der Waals surface area contributed by atoms with Gasteiger partial charge in [-0.15, -0.1) is 0 Å². The highest BCUT2D eigenvalue weighted by Gasteiger charge is 2.31. The van der Waals surface area contributed by atoms with E-state index in [-0.39, 0.29) is 11.7 Å². The van der Waals surface area contributed by atoms with Crippen molar-refractivity contribution in [3.8, 4) is 5.75 Å². The van der Waals surface area contributed by atoms with E-state index in [9.17, 15) is 4.79 Å². The molecule has 0 saturated heterocycles. The molecule has 1 fully saturated rings. The van der Waals surface area contributed by atoms with Gasteiger partial charge in [0.15, 0.2) is 5.78 Å². The van der Waals surface area contributed by atoms with Gasteiger partial charge in [-0.05, 0) is 49.3 Å². The zero-order valence-corrected chi connectivity index (χ0v) is 12.6. The van der Waals surface area contributed by atoms with Crippen LogP contribution in [0.25, 0.3) is 0 Å². The van der Waals surface area contributed by atoms with Crippen LogP contribution in [-0.2, 0) is 0 Å². The summed E-state index contributed by atoms with van der Waals surface area (Å²) in [5, 5.41) is 0.545. The van der Waals surface area contributed by atoms with Gasteiger partial charge in [0.25, 0.3) is 0 Å². The molecule has 0 radical (unpaired) electrons. The molecule has 1 aromatic carbocycles. The molecule has 0 unspecified atom stereocenters. The normalized spacial score (nSPS) is 19.2. The van der Waals surface area contributed by atoms with Gasteiger partial charge in [-0.2, -0.15) is 0 Å². The topological polar surface area (TPSA) is 26.3 Å². The molecule has 1 saturated carbocycles. The summed E-state index contributed by atoms with van der Waals surface area (Å²) in [6.45, 7) is 4.55. The Kier molecular flexibility index (Phi) is 4.19. The van der Waals surface area contributed by atoms with E-state index in [4.69, 9.17) is 16.3 Å². The van der Waals surface area contributed by atoms with Gasteiger partial charge in [0.05, 0.1) is 12.1 Å². The lowest BCUT2D eigenvalue weighted by Gasteiger charge is -2.33. The Morgan fingerprint density at radius 3 is 2.53 bits per heavy atom. The van der Waals surface area contributed by atoms with E-state index in [0.717, 1.165) is 25.7 Å². The molecule has 19 heavy (non-hydrogen) atoms. The Bertz CT molecular complexity index is 470. The predicted molar refractivity (Wildman–Crippen MR) is 78.1 cm³/mol. The van der Waals surface area contributed by atoms with Gasteiger partial charge in [-0.3, -0.25) is 4.79 Å². The predicted octanol–water partition coefficient (Wildman–Crippen LogP) is 4.75. The lowest BCUT2D eigenvalue weighted by molar-refractivity contribution is 0.0837. The van der Waals surface area contributed by atoms with Crippen molar-refractivity contribution in [2.45, 2.75) is 39.5 Å². The van der Waals surface area contributed by atoms with Crippen LogP contribution in [0.3, 0.4) is 0 Å². The minimum absolute atomic E-state index is 0.152. The molecular formula is C16H21ClO2. The van der Waals surface area contributed by atoms with Crippen molar-refractivity contribution in [2.75, 3.05) is 7.11 Å². The molecule has 0 amide bonds. The van der Waals surface area contributed by atoms with Gasteiger partial charge in [0.2, 0.25) is 0 Å². The Balaban J connectivity index is 2.12. The second kappa shape index (κ2) is 5.54. The Morgan fingerprint density at radius 2 is 1.95 bits per heavy atom. The van der Waals surface area contributed by atoms with Crippen LogP contribution in [0.15, 0.2) is 18.2 Å². The van der Waals surface area contributed by atoms with E-state index < -0.39 is 0 Å². The molecule has 0 N–H and O–H groups in total. The summed E-state index contributed by atoms with van der Waals surface area (Å²) in [5.41, 5.74) is 1.10. The zero-order valence-electron chi connectivity index (χ0n) is 11.8. The molecule has 0 atom stereocenters. The van der Waals surface area contributed by atoms with Crippen LogP contribution in [-0.4, -0.2) is 12.9 Å². The first-order chi connectivity index (χ1) is 8.93. The van der Waals surface area contributed by atoms with Crippen molar-refractivity contribution < 1.29 is 9.53 Å². The van der Waals surface area contributed by atoms with Crippen LogP contribution in [0.5, 0.6) is 5.75 Å². The molecule has 2 nitrogen and oxygen atoms in total. The van der Waals surface area contributed by atoms with Crippen LogP contribution >= 0.6 is 11.6 Å². The molecule has 0 aliphatic heterocycles. The van der Waals surface area contributed by atoms with E-state index in [1.54, 1.807) is 25.3 Å². The Morgan fingerprint density at radius 1 is 1.32 bits per heavy atom. The maximum atomic E-state index is 12.5. The molecule has 1 aliphatic rings. The Labute approximate surface area is 120 Å². The van der Waals surface area contributed by atoms with Crippen LogP contribution in [0.1, 0.15) is 49.9 Å². The van der Waals surface area contributed by atoms with Gasteiger partial charge < -0.3 is 4.74 Å². The summed E-state index contributed by atoms with van der Waals surface area (Å²) < 4.78 is 5.17. The minimum Gasteiger partial charge on any atom is -0.495 e. The van der Waals surface area contributed by atoms with E-state index in [1.807, 2.05) is 0 Å². The van der Waals surface area contributed by atoms with Crippen molar-refractivity contribution in [1.82, 2.24) is 0 Å². The van der Waals surface area contributed by atoms with Crippen molar-refractivity contribution in [1.29, 1.82) is 0 Å². The third kappa shape index (κ3) is 3.30. The average Bonchev–Trinajstić information content (AvgIpc) is 2.38. The quantitative estimate of drug-likeness (QED) is 0.747. The van der Waals surface area contributed by atoms with Gasteiger partial charge >= 0.3 is 0 Å². The SMILES string of the molecule is COc1cc(C(=O)C2CCC(C)(C)CC2)ccc1Cl. The summed E-state index contributed by atoms with van der Waals surface area (Å²) >= 11 is 5.99. The molecule has 0 bridgehead atoms. The summed E-state index contributed by atoms with van der Waals surface area (Å²) in [4.78, 5) is 12.5. The first-order valence-electron chi connectivity index (χ1n) is 6.81. The summed E-state index contributed by atoms with van der Waals surface area (Å²) in [6.07, 6.45) is 4.20. The standard InChI is InChI=1S/C16H21ClO2/c1-16(2)8-6-11(7-9-16)15(18)12-4-5-13(17)14(10-12)19-3/h4-5,10-11H,6-9H2,1-3H3. The van der Waals surface area contributed by atoms with Gasteiger partial charge in [0, 0.05) is 11.5 Å². The second-order valence-corrected chi connectivity index (χ2v) is 6.56. The molecule has 2 rings (SSSR count). The molecule has 0 heterocycles. The van der Waals surface area contributed by atoms with Gasteiger partial charge in [-0.1, -0.05) is 25.4 Å². The van der Waals surface area contributed by atoms with Crippen LogP contribution < -0.4 is 4.74 Å². The fraction of sp³-hybridized carbons (Fsp3) is 0.562.